The maximum absolute atomic E-state index is 12.9. The molecular formula is C20H21F3N6O4S. The van der Waals surface area contributed by atoms with Gasteiger partial charge in [-0.3, -0.25) is 9.48 Å². The summed E-state index contributed by atoms with van der Waals surface area (Å²) in [7, 11) is -2.35. The van der Waals surface area contributed by atoms with Gasteiger partial charge < -0.3 is 10.1 Å². The minimum Gasteiger partial charge on any atom is -0.494 e. The van der Waals surface area contributed by atoms with Crippen LogP contribution >= 0.6 is 0 Å². The summed E-state index contributed by atoms with van der Waals surface area (Å²) in [5, 5.41) is 12.9. The third kappa shape index (κ3) is 4.98. The number of hydrogen-bond acceptors (Lipinski definition) is 6. The van der Waals surface area contributed by atoms with Crippen LogP contribution < -0.4 is 15.2 Å². The lowest BCUT2D eigenvalue weighted by molar-refractivity contribution is -0.141. The van der Waals surface area contributed by atoms with Crippen LogP contribution in [0.4, 0.5) is 18.9 Å². The van der Waals surface area contributed by atoms with Gasteiger partial charge in [-0.25, -0.2) is 10.1 Å². The molecule has 3 N–H and O–H groups in total. The molecule has 10 nitrogen and oxygen atoms in total. The highest BCUT2D eigenvalue weighted by Gasteiger charge is 2.33. The quantitative estimate of drug-likeness (QED) is 0.556. The largest absolute Gasteiger partial charge is 0.494 e. The van der Waals surface area contributed by atoms with Gasteiger partial charge in [0, 0.05) is 30.7 Å². The van der Waals surface area contributed by atoms with Crippen molar-refractivity contribution in [3.63, 3.8) is 0 Å². The molecule has 0 aliphatic carbocycles. The Hall–Kier alpha value is -3.23. The van der Waals surface area contributed by atoms with Crippen molar-refractivity contribution in [2.24, 2.45) is 5.14 Å². The van der Waals surface area contributed by atoms with E-state index >= 15 is 0 Å². The van der Waals surface area contributed by atoms with E-state index in [1.807, 2.05) is 0 Å². The molecule has 14 heteroatoms. The van der Waals surface area contributed by atoms with E-state index in [1.165, 1.54) is 17.5 Å². The zero-order valence-corrected chi connectivity index (χ0v) is 18.7. The van der Waals surface area contributed by atoms with Crippen LogP contribution in [0.5, 0.6) is 5.75 Å². The molecule has 1 saturated heterocycles. The minimum atomic E-state index is -4.67. The van der Waals surface area contributed by atoms with Gasteiger partial charge in [0.15, 0.2) is 0 Å². The first-order valence-corrected chi connectivity index (χ1v) is 11.7. The van der Waals surface area contributed by atoms with Crippen molar-refractivity contribution in [1.29, 1.82) is 0 Å². The summed E-state index contributed by atoms with van der Waals surface area (Å²) < 4.78 is 70.1. The van der Waals surface area contributed by atoms with Crippen molar-refractivity contribution in [2.75, 3.05) is 25.5 Å². The van der Waals surface area contributed by atoms with Crippen LogP contribution in [0.25, 0.3) is 10.9 Å². The first-order valence-electron chi connectivity index (χ1n) is 10.2. The second kappa shape index (κ2) is 8.85. The minimum absolute atomic E-state index is 0.0521. The van der Waals surface area contributed by atoms with E-state index in [0.29, 0.717) is 23.7 Å². The van der Waals surface area contributed by atoms with Crippen molar-refractivity contribution >= 4 is 32.7 Å². The van der Waals surface area contributed by atoms with E-state index in [1.54, 1.807) is 23.0 Å². The van der Waals surface area contributed by atoms with Gasteiger partial charge in [-0.1, -0.05) is 6.07 Å². The number of ether oxygens (including phenoxy) is 1. The van der Waals surface area contributed by atoms with E-state index in [9.17, 15) is 26.4 Å². The first-order chi connectivity index (χ1) is 16.0. The zero-order chi connectivity index (χ0) is 24.7. The fraction of sp³-hybridized carbons (Fsp3) is 0.350. The number of methoxy groups -OCH3 is 1. The summed E-state index contributed by atoms with van der Waals surface area (Å²) in [6.45, 7) is 0.544. The Morgan fingerprint density at radius 1 is 1.24 bits per heavy atom. The number of fused-ring (bicyclic) bond motifs is 1. The number of alkyl halides is 3. The predicted octanol–water partition coefficient (Wildman–Crippen LogP) is 2.55. The Morgan fingerprint density at radius 3 is 2.56 bits per heavy atom. The summed E-state index contributed by atoms with van der Waals surface area (Å²) in [6, 6.07) is 6.22. The molecule has 0 bridgehead atoms. The van der Waals surface area contributed by atoms with Crippen LogP contribution in [0.1, 0.15) is 35.1 Å². The Kier molecular flexibility index (Phi) is 6.22. The van der Waals surface area contributed by atoms with Crippen molar-refractivity contribution in [3.05, 3.63) is 47.9 Å². The molecule has 1 aliphatic heterocycles. The summed E-state index contributed by atoms with van der Waals surface area (Å²) in [5.41, 5.74) is -0.754. The number of nitrogens with zero attached hydrogens (tertiary/aromatic N) is 4. The molecular weight excluding hydrogens is 477 g/mol. The molecule has 3 heterocycles. The van der Waals surface area contributed by atoms with E-state index in [2.05, 4.69) is 15.4 Å². The molecule has 182 valence electrons. The lowest BCUT2D eigenvalue weighted by Gasteiger charge is -2.29. The molecule has 0 radical (unpaired) electrons. The molecule has 3 aromatic rings. The molecule has 1 aromatic carbocycles. The maximum atomic E-state index is 12.9. The molecule has 1 aliphatic rings. The highest BCUT2D eigenvalue weighted by Crippen LogP contribution is 2.32. The van der Waals surface area contributed by atoms with Gasteiger partial charge in [0.1, 0.15) is 17.1 Å². The molecule has 0 saturated carbocycles. The fourth-order valence-corrected chi connectivity index (χ4v) is 4.51. The van der Waals surface area contributed by atoms with E-state index in [-0.39, 0.29) is 30.6 Å². The molecule has 1 amide bonds. The highest BCUT2D eigenvalue weighted by atomic mass is 32.2. The van der Waals surface area contributed by atoms with Gasteiger partial charge in [-0.15, -0.1) is 0 Å². The standard InChI is InChI=1S/C20H21F3N6O4S/c1-33-17-10-15-12(11-29(27-15)13-5-7-28(8-6-13)34(24,31)32)9-16(17)26-19(30)14-3-2-4-18(25-14)20(21,22)23/h2-4,9-11,13H,5-8H2,1H3,(H,26,30)(H2,24,31,32). The Morgan fingerprint density at radius 2 is 1.94 bits per heavy atom. The summed E-state index contributed by atoms with van der Waals surface area (Å²) in [4.78, 5) is 16.0. The fourth-order valence-electron chi connectivity index (χ4n) is 3.79. The molecule has 0 unspecified atom stereocenters. The maximum Gasteiger partial charge on any atom is 0.433 e. The number of nitrogens with two attached hydrogens (primary N) is 1. The highest BCUT2D eigenvalue weighted by molar-refractivity contribution is 7.86. The van der Waals surface area contributed by atoms with Gasteiger partial charge in [-0.2, -0.15) is 31.0 Å². The number of carbonyl (C=O) groups is 1. The molecule has 0 atom stereocenters. The van der Waals surface area contributed by atoms with Crippen molar-refractivity contribution in [3.8, 4) is 5.75 Å². The second-order valence-electron chi connectivity index (χ2n) is 7.76. The van der Waals surface area contributed by atoms with E-state index < -0.39 is 33.7 Å². The second-order valence-corrected chi connectivity index (χ2v) is 9.30. The van der Waals surface area contributed by atoms with Crippen molar-refractivity contribution in [1.82, 2.24) is 19.1 Å². The number of halogens is 3. The van der Waals surface area contributed by atoms with Gasteiger partial charge in [-0.05, 0) is 31.0 Å². The Balaban J connectivity index is 1.57. The number of piperidine rings is 1. The smallest absolute Gasteiger partial charge is 0.433 e. The van der Waals surface area contributed by atoms with Crippen molar-refractivity contribution in [2.45, 2.75) is 25.1 Å². The molecule has 0 spiro atoms. The number of rotatable bonds is 5. The van der Waals surface area contributed by atoms with E-state index in [0.717, 1.165) is 12.1 Å². The summed E-state index contributed by atoms with van der Waals surface area (Å²) in [6.07, 6.45) is -1.88. The third-order valence-electron chi connectivity index (χ3n) is 5.52. The van der Waals surface area contributed by atoms with Gasteiger partial charge >= 0.3 is 6.18 Å². The number of amides is 1. The van der Waals surface area contributed by atoms with E-state index in [4.69, 9.17) is 9.88 Å². The molecule has 2 aromatic heterocycles. The predicted molar refractivity (Wildman–Crippen MR) is 116 cm³/mol. The SMILES string of the molecule is COc1cc2nn(C3CCN(S(N)(=O)=O)CC3)cc2cc1NC(=O)c1cccc(C(F)(F)F)n1. The monoisotopic (exact) mass is 498 g/mol. The van der Waals surface area contributed by atoms with Gasteiger partial charge in [0.05, 0.1) is 24.4 Å². The number of benzene rings is 1. The number of hydrogen-bond donors (Lipinski definition) is 2. The molecule has 34 heavy (non-hydrogen) atoms. The van der Waals surface area contributed by atoms with Crippen molar-refractivity contribution < 1.29 is 31.1 Å². The average Bonchev–Trinajstić information content (AvgIpc) is 3.20. The summed E-state index contributed by atoms with van der Waals surface area (Å²) in [5.74, 6) is -0.561. The normalized spacial score (nSPS) is 16.0. The van der Waals surface area contributed by atoms with Gasteiger partial charge in [0.2, 0.25) is 0 Å². The van der Waals surface area contributed by atoms with Crippen LogP contribution in [-0.2, 0) is 16.4 Å². The number of carbonyl (C=O) groups excluding carboxylic acids is 1. The number of nitrogens with one attached hydrogen (secondary N) is 1. The van der Waals surface area contributed by atoms with Crippen LogP contribution in [-0.4, -0.2) is 53.6 Å². The third-order valence-corrected chi connectivity index (χ3v) is 6.61. The Labute approximate surface area is 192 Å². The van der Waals surface area contributed by atoms with Crippen LogP contribution in [0.3, 0.4) is 0 Å². The Bertz CT molecular complexity index is 1330. The van der Waals surface area contributed by atoms with Crippen LogP contribution in [0.2, 0.25) is 0 Å². The number of pyridine rings is 1. The first kappa shape index (κ1) is 23.9. The lowest BCUT2D eigenvalue weighted by atomic mass is 10.1. The van der Waals surface area contributed by atoms with Gasteiger partial charge in [0.25, 0.3) is 16.1 Å². The zero-order valence-electron chi connectivity index (χ0n) is 17.9. The molecule has 1 fully saturated rings. The molecule has 4 rings (SSSR count). The van der Waals surface area contributed by atoms with Crippen LogP contribution in [0, 0.1) is 0 Å². The van der Waals surface area contributed by atoms with Crippen LogP contribution in [0.15, 0.2) is 36.5 Å². The lowest BCUT2D eigenvalue weighted by Crippen LogP contribution is -2.42. The number of aromatic nitrogens is 3. The summed E-state index contributed by atoms with van der Waals surface area (Å²) >= 11 is 0. The topological polar surface area (TPSA) is 132 Å². The average molecular weight is 498 g/mol. The number of anilines is 1.